The molecule has 2 aromatic rings. The Balaban J connectivity index is 1.57. The normalized spacial score (nSPS) is 17.8. The number of nitrogens with zero attached hydrogens (tertiary/aromatic N) is 1. The van der Waals surface area contributed by atoms with Gasteiger partial charge in [0.1, 0.15) is 12.4 Å². The molecule has 1 aliphatic carbocycles. The lowest BCUT2D eigenvalue weighted by Gasteiger charge is -2.40. The third-order valence-corrected chi connectivity index (χ3v) is 7.23. The zero-order valence-corrected chi connectivity index (χ0v) is 21.5. The predicted molar refractivity (Wildman–Crippen MR) is 139 cm³/mol. The molecule has 35 heavy (non-hydrogen) atoms. The highest BCUT2D eigenvalue weighted by Crippen LogP contribution is 2.38. The van der Waals surface area contributed by atoms with E-state index in [4.69, 9.17) is 31.2 Å². The van der Waals surface area contributed by atoms with Crippen molar-refractivity contribution in [2.75, 3.05) is 34.5 Å². The number of thiocarbonyl (C=S) groups is 1. The smallest absolute Gasteiger partial charge is 0.337 e. The highest BCUT2D eigenvalue weighted by molar-refractivity contribution is 7.80. The summed E-state index contributed by atoms with van der Waals surface area (Å²) in [7, 11) is 4.67. The van der Waals surface area contributed by atoms with E-state index in [1.54, 1.807) is 38.5 Å². The number of ether oxygens (including phenoxy) is 4. The first-order valence-electron chi connectivity index (χ1n) is 12.2. The number of carbonyl (C=O) groups excluding carboxylic acids is 1. The first kappa shape index (κ1) is 25.1. The molecule has 0 bridgehead atoms. The SMILES string of the molecule is COC(=O)c1ccc(OC[C@H]2c3cc(OC)c(OC)cc3CCN2C(=S)NC2CCCCC2)cc1. The maximum absolute atomic E-state index is 11.7. The van der Waals surface area contributed by atoms with Gasteiger partial charge in [-0.15, -0.1) is 0 Å². The molecule has 0 unspecified atom stereocenters. The zero-order valence-electron chi connectivity index (χ0n) is 20.7. The molecule has 188 valence electrons. The number of rotatable bonds is 7. The van der Waals surface area contributed by atoms with Gasteiger partial charge in [-0.1, -0.05) is 19.3 Å². The Hall–Kier alpha value is -3.00. The summed E-state index contributed by atoms with van der Waals surface area (Å²) < 4.78 is 22.1. The van der Waals surface area contributed by atoms with E-state index in [1.807, 2.05) is 6.07 Å². The average Bonchev–Trinajstić information content (AvgIpc) is 2.91. The van der Waals surface area contributed by atoms with Crippen LogP contribution in [0.2, 0.25) is 0 Å². The molecule has 0 amide bonds. The number of esters is 1. The maximum atomic E-state index is 11.7. The monoisotopic (exact) mass is 498 g/mol. The summed E-state index contributed by atoms with van der Waals surface area (Å²) in [5.74, 6) is 1.72. The Bertz CT molecular complexity index is 1040. The van der Waals surface area contributed by atoms with Crippen molar-refractivity contribution in [1.29, 1.82) is 0 Å². The molecule has 0 spiro atoms. The highest BCUT2D eigenvalue weighted by atomic mass is 32.1. The first-order chi connectivity index (χ1) is 17.0. The van der Waals surface area contributed by atoms with E-state index in [2.05, 4.69) is 16.3 Å². The molecular weight excluding hydrogens is 464 g/mol. The van der Waals surface area contributed by atoms with Crippen molar-refractivity contribution in [3.05, 3.63) is 53.1 Å². The van der Waals surface area contributed by atoms with Crippen molar-refractivity contribution in [2.45, 2.75) is 50.6 Å². The number of hydrogen-bond donors (Lipinski definition) is 1. The lowest BCUT2D eigenvalue weighted by molar-refractivity contribution is 0.0600. The van der Waals surface area contributed by atoms with Gasteiger partial charge in [0.2, 0.25) is 0 Å². The Labute approximate surface area is 212 Å². The minimum atomic E-state index is -0.371. The van der Waals surface area contributed by atoms with Crippen molar-refractivity contribution >= 4 is 23.3 Å². The van der Waals surface area contributed by atoms with E-state index in [0.717, 1.165) is 42.2 Å². The molecule has 0 radical (unpaired) electrons. The number of fused-ring (bicyclic) bond motifs is 1. The molecule has 1 atom stereocenters. The van der Waals surface area contributed by atoms with E-state index in [1.165, 1.54) is 31.9 Å². The van der Waals surface area contributed by atoms with Crippen molar-refractivity contribution < 1.29 is 23.7 Å². The maximum Gasteiger partial charge on any atom is 0.337 e. The molecule has 0 aromatic heterocycles. The van der Waals surface area contributed by atoms with Crippen LogP contribution in [0.5, 0.6) is 17.2 Å². The van der Waals surface area contributed by atoms with E-state index >= 15 is 0 Å². The Morgan fingerprint density at radius 3 is 2.37 bits per heavy atom. The molecule has 1 fully saturated rings. The minimum absolute atomic E-state index is 0.0950. The second-order valence-corrected chi connectivity index (χ2v) is 9.36. The van der Waals surface area contributed by atoms with Crippen LogP contribution in [0.4, 0.5) is 0 Å². The second kappa shape index (κ2) is 11.6. The molecule has 7 nitrogen and oxygen atoms in total. The van der Waals surface area contributed by atoms with E-state index in [0.29, 0.717) is 29.7 Å². The summed E-state index contributed by atoms with van der Waals surface area (Å²) in [6.45, 7) is 1.18. The topological polar surface area (TPSA) is 69.3 Å². The van der Waals surface area contributed by atoms with Gasteiger partial charge in [0.25, 0.3) is 0 Å². The Kier molecular flexibility index (Phi) is 8.33. The number of methoxy groups -OCH3 is 3. The molecule has 1 saturated carbocycles. The van der Waals surface area contributed by atoms with Gasteiger partial charge < -0.3 is 29.2 Å². The number of carbonyl (C=O) groups is 1. The fourth-order valence-corrected chi connectivity index (χ4v) is 5.32. The predicted octanol–water partition coefficient (Wildman–Crippen LogP) is 4.68. The van der Waals surface area contributed by atoms with Gasteiger partial charge in [0.15, 0.2) is 16.6 Å². The molecule has 2 aromatic carbocycles. The van der Waals surface area contributed by atoms with Crippen LogP contribution >= 0.6 is 12.2 Å². The van der Waals surface area contributed by atoms with Gasteiger partial charge in [0, 0.05) is 12.6 Å². The second-order valence-electron chi connectivity index (χ2n) is 8.98. The molecule has 1 heterocycles. The molecule has 1 aliphatic heterocycles. The van der Waals surface area contributed by atoms with Crippen LogP contribution in [0.15, 0.2) is 36.4 Å². The first-order valence-corrected chi connectivity index (χ1v) is 12.6. The van der Waals surface area contributed by atoms with Gasteiger partial charge in [-0.2, -0.15) is 0 Å². The van der Waals surface area contributed by atoms with E-state index in [-0.39, 0.29) is 12.0 Å². The number of nitrogens with one attached hydrogen (secondary N) is 1. The third-order valence-electron chi connectivity index (χ3n) is 6.88. The molecule has 4 rings (SSSR count). The summed E-state index contributed by atoms with van der Waals surface area (Å²) in [6, 6.07) is 11.4. The van der Waals surface area contributed by atoms with E-state index in [9.17, 15) is 4.79 Å². The Morgan fingerprint density at radius 2 is 1.71 bits per heavy atom. The van der Waals surface area contributed by atoms with Crippen LogP contribution in [0.1, 0.15) is 59.6 Å². The minimum Gasteiger partial charge on any atom is -0.493 e. The zero-order chi connectivity index (χ0) is 24.8. The van der Waals surface area contributed by atoms with E-state index < -0.39 is 0 Å². The Morgan fingerprint density at radius 1 is 1.03 bits per heavy atom. The van der Waals surface area contributed by atoms with Gasteiger partial charge >= 0.3 is 5.97 Å². The van der Waals surface area contributed by atoms with Gasteiger partial charge in [-0.05, 0) is 79.0 Å². The summed E-state index contributed by atoms with van der Waals surface area (Å²) in [6.07, 6.45) is 6.95. The van der Waals surface area contributed by atoms with Crippen LogP contribution in [-0.2, 0) is 11.2 Å². The van der Waals surface area contributed by atoms with Crippen molar-refractivity contribution in [2.24, 2.45) is 0 Å². The van der Waals surface area contributed by atoms with Crippen molar-refractivity contribution in [1.82, 2.24) is 10.2 Å². The standard InChI is InChI=1S/C27H34N2O5S/c1-31-24-15-19-13-14-29(27(35)28-20-7-5-4-6-8-20)23(22(19)16-25(24)32-2)17-34-21-11-9-18(10-12-21)26(30)33-3/h9-12,15-16,20,23H,4-8,13-14,17H2,1-3H3,(H,28,35)/t23-/m0/s1. The summed E-state index contributed by atoms with van der Waals surface area (Å²) in [5, 5.41) is 4.39. The number of hydrogen-bond acceptors (Lipinski definition) is 6. The van der Waals surface area contributed by atoms with Gasteiger partial charge in [-0.25, -0.2) is 4.79 Å². The number of benzene rings is 2. The molecular formula is C27H34N2O5S. The fourth-order valence-electron chi connectivity index (χ4n) is 4.94. The van der Waals surface area contributed by atoms with Crippen LogP contribution in [0.3, 0.4) is 0 Å². The lowest BCUT2D eigenvalue weighted by Crippen LogP contribution is -2.50. The molecule has 8 heteroatoms. The van der Waals surface area contributed by atoms with Gasteiger partial charge in [0.05, 0.1) is 32.9 Å². The molecule has 0 saturated heterocycles. The van der Waals surface area contributed by atoms with Crippen LogP contribution < -0.4 is 19.5 Å². The van der Waals surface area contributed by atoms with Crippen LogP contribution in [0.25, 0.3) is 0 Å². The van der Waals surface area contributed by atoms with Crippen molar-refractivity contribution in [3.8, 4) is 17.2 Å². The summed E-state index contributed by atoms with van der Waals surface area (Å²) in [4.78, 5) is 14.0. The van der Waals surface area contributed by atoms with Gasteiger partial charge in [-0.3, -0.25) is 0 Å². The largest absolute Gasteiger partial charge is 0.493 e. The van der Waals surface area contributed by atoms with Crippen molar-refractivity contribution in [3.63, 3.8) is 0 Å². The molecule has 2 aliphatic rings. The fraction of sp³-hybridized carbons (Fsp3) is 0.481. The summed E-state index contributed by atoms with van der Waals surface area (Å²) >= 11 is 5.91. The molecule has 1 N–H and O–H groups in total. The van der Waals surface area contributed by atoms with Crippen LogP contribution in [-0.4, -0.2) is 56.5 Å². The summed E-state index contributed by atoms with van der Waals surface area (Å²) in [5.41, 5.74) is 2.81. The highest BCUT2D eigenvalue weighted by Gasteiger charge is 2.32. The lowest BCUT2D eigenvalue weighted by atomic mass is 9.92. The third kappa shape index (κ3) is 5.81. The average molecular weight is 499 g/mol. The quantitative estimate of drug-likeness (QED) is 0.436. The van der Waals surface area contributed by atoms with Crippen LogP contribution in [0, 0.1) is 0 Å².